The normalized spacial score (nSPS) is 12.4. The third-order valence-electron chi connectivity index (χ3n) is 3.04. The summed E-state index contributed by atoms with van der Waals surface area (Å²) >= 11 is 0. The largest absolute Gasteiger partial charge is 0.457 e. The third-order valence-corrected chi connectivity index (χ3v) is 3.04. The van der Waals surface area contributed by atoms with Crippen LogP contribution in [0.2, 0.25) is 0 Å². The van der Waals surface area contributed by atoms with Gasteiger partial charge in [0.15, 0.2) is 0 Å². The number of rotatable bonds is 5. The van der Waals surface area contributed by atoms with Gasteiger partial charge in [-0.3, -0.25) is 0 Å². The Morgan fingerprint density at radius 1 is 0.947 bits per heavy atom. The molecule has 0 aliphatic heterocycles. The molecular formula is C16H19NO2. The first-order chi connectivity index (χ1) is 9.20. The van der Waals surface area contributed by atoms with E-state index in [9.17, 15) is 5.11 Å². The molecule has 0 aliphatic carbocycles. The van der Waals surface area contributed by atoms with Gasteiger partial charge < -0.3 is 14.7 Å². The molecule has 0 amide bonds. The van der Waals surface area contributed by atoms with Gasteiger partial charge >= 0.3 is 0 Å². The van der Waals surface area contributed by atoms with Crippen molar-refractivity contribution in [3.8, 4) is 11.5 Å². The molecule has 0 saturated heterocycles. The highest BCUT2D eigenvalue weighted by atomic mass is 16.5. The highest BCUT2D eigenvalue weighted by molar-refractivity contribution is 5.33. The zero-order valence-electron chi connectivity index (χ0n) is 11.3. The third kappa shape index (κ3) is 3.56. The van der Waals surface area contributed by atoms with Crippen molar-refractivity contribution in [2.45, 2.75) is 6.04 Å². The van der Waals surface area contributed by atoms with E-state index in [0.717, 1.165) is 17.1 Å². The van der Waals surface area contributed by atoms with Crippen molar-refractivity contribution in [1.82, 2.24) is 4.90 Å². The Balaban J connectivity index is 2.10. The van der Waals surface area contributed by atoms with Gasteiger partial charge in [0.05, 0.1) is 12.6 Å². The summed E-state index contributed by atoms with van der Waals surface area (Å²) in [6.07, 6.45) is 0. The number of para-hydroxylation sites is 1. The second kappa shape index (κ2) is 6.36. The van der Waals surface area contributed by atoms with E-state index < -0.39 is 0 Å². The Morgan fingerprint density at radius 3 is 2.05 bits per heavy atom. The summed E-state index contributed by atoms with van der Waals surface area (Å²) < 4.78 is 5.73. The average molecular weight is 257 g/mol. The zero-order valence-corrected chi connectivity index (χ0v) is 11.3. The molecule has 0 saturated carbocycles. The first-order valence-electron chi connectivity index (χ1n) is 6.31. The summed E-state index contributed by atoms with van der Waals surface area (Å²) in [5.74, 6) is 1.62. The Kier molecular flexibility index (Phi) is 4.55. The number of likely N-dealkylation sites (N-methyl/N-ethyl adjacent to an activating group) is 1. The lowest BCUT2D eigenvalue weighted by Crippen LogP contribution is -2.22. The van der Waals surface area contributed by atoms with Gasteiger partial charge in [0, 0.05) is 0 Å². The minimum atomic E-state index is 0.0192. The number of benzene rings is 2. The Hall–Kier alpha value is -1.84. The van der Waals surface area contributed by atoms with Gasteiger partial charge in [-0.2, -0.15) is 0 Å². The van der Waals surface area contributed by atoms with E-state index in [1.54, 1.807) is 0 Å². The molecule has 1 unspecified atom stereocenters. The Bertz CT molecular complexity index is 494. The van der Waals surface area contributed by atoms with Crippen LogP contribution in [0, 0.1) is 0 Å². The van der Waals surface area contributed by atoms with Crippen molar-refractivity contribution in [2.75, 3.05) is 20.7 Å². The summed E-state index contributed by atoms with van der Waals surface area (Å²) in [5.41, 5.74) is 1.08. The minimum Gasteiger partial charge on any atom is -0.457 e. The van der Waals surface area contributed by atoms with Gasteiger partial charge in [0.25, 0.3) is 0 Å². The number of aliphatic hydroxyl groups is 1. The molecule has 0 spiro atoms. The molecule has 0 aromatic heterocycles. The van der Waals surface area contributed by atoms with Crippen LogP contribution in [0.1, 0.15) is 11.6 Å². The Morgan fingerprint density at radius 2 is 1.53 bits per heavy atom. The summed E-state index contributed by atoms with van der Waals surface area (Å²) in [7, 11) is 3.91. The molecule has 2 aromatic rings. The van der Waals surface area contributed by atoms with Crippen LogP contribution in [0.5, 0.6) is 11.5 Å². The van der Waals surface area contributed by atoms with Crippen LogP contribution in [0.3, 0.4) is 0 Å². The highest BCUT2D eigenvalue weighted by Gasteiger charge is 2.12. The van der Waals surface area contributed by atoms with Gasteiger partial charge in [-0.05, 0) is 43.9 Å². The average Bonchev–Trinajstić information content (AvgIpc) is 2.42. The van der Waals surface area contributed by atoms with E-state index in [2.05, 4.69) is 0 Å². The molecule has 19 heavy (non-hydrogen) atoms. The summed E-state index contributed by atoms with van der Waals surface area (Å²) in [4.78, 5) is 1.99. The van der Waals surface area contributed by atoms with E-state index in [-0.39, 0.29) is 12.6 Å². The minimum absolute atomic E-state index is 0.0192. The molecule has 0 aliphatic rings. The van der Waals surface area contributed by atoms with Crippen LogP contribution in [0.25, 0.3) is 0 Å². The van der Waals surface area contributed by atoms with E-state index in [1.807, 2.05) is 73.6 Å². The van der Waals surface area contributed by atoms with Gasteiger partial charge in [-0.15, -0.1) is 0 Å². The van der Waals surface area contributed by atoms with Crippen molar-refractivity contribution >= 4 is 0 Å². The summed E-state index contributed by atoms with van der Waals surface area (Å²) in [5, 5.41) is 9.38. The standard InChI is InChI=1S/C16H19NO2/c1-17(2)16(12-18)13-8-10-15(11-9-13)19-14-6-4-3-5-7-14/h3-11,16,18H,12H2,1-2H3. The molecule has 0 heterocycles. The fourth-order valence-corrected chi connectivity index (χ4v) is 1.95. The summed E-state index contributed by atoms with van der Waals surface area (Å²) in [6, 6.07) is 17.5. The molecular weight excluding hydrogens is 238 g/mol. The van der Waals surface area contributed by atoms with E-state index in [1.165, 1.54) is 0 Å². The van der Waals surface area contributed by atoms with Gasteiger partial charge in [0.1, 0.15) is 11.5 Å². The van der Waals surface area contributed by atoms with Crippen LogP contribution < -0.4 is 4.74 Å². The highest BCUT2D eigenvalue weighted by Crippen LogP contribution is 2.24. The van der Waals surface area contributed by atoms with E-state index >= 15 is 0 Å². The Labute approximate surface area is 114 Å². The number of aliphatic hydroxyl groups excluding tert-OH is 1. The smallest absolute Gasteiger partial charge is 0.127 e. The lowest BCUT2D eigenvalue weighted by atomic mass is 10.1. The van der Waals surface area contributed by atoms with Crippen LogP contribution in [0.4, 0.5) is 0 Å². The van der Waals surface area contributed by atoms with Crippen molar-refractivity contribution in [1.29, 1.82) is 0 Å². The van der Waals surface area contributed by atoms with E-state index in [4.69, 9.17) is 4.74 Å². The summed E-state index contributed by atoms with van der Waals surface area (Å²) in [6.45, 7) is 0.103. The second-order valence-corrected chi connectivity index (χ2v) is 4.65. The molecule has 1 N–H and O–H groups in total. The number of ether oxygens (including phenoxy) is 1. The monoisotopic (exact) mass is 257 g/mol. The van der Waals surface area contributed by atoms with Crippen LogP contribution in [0.15, 0.2) is 54.6 Å². The van der Waals surface area contributed by atoms with E-state index in [0.29, 0.717) is 0 Å². The molecule has 0 bridgehead atoms. The predicted molar refractivity (Wildman–Crippen MR) is 76.5 cm³/mol. The zero-order chi connectivity index (χ0) is 13.7. The lowest BCUT2D eigenvalue weighted by molar-refractivity contribution is 0.171. The molecule has 0 radical (unpaired) electrons. The first-order valence-corrected chi connectivity index (χ1v) is 6.31. The molecule has 2 rings (SSSR count). The van der Waals surface area contributed by atoms with Crippen LogP contribution in [-0.2, 0) is 0 Å². The molecule has 100 valence electrons. The predicted octanol–water partition coefficient (Wildman–Crippen LogP) is 3.07. The van der Waals surface area contributed by atoms with Crippen molar-refractivity contribution < 1.29 is 9.84 Å². The number of hydrogen-bond acceptors (Lipinski definition) is 3. The number of nitrogens with zero attached hydrogens (tertiary/aromatic N) is 1. The van der Waals surface area contributed by atoms with Crippen LogP contribution in [-0.4, -0.2) is 30.7 Å². The quantitative estimate of drug-likeness (QED) is 0.893. The number of hydrogen-bond donors (Lipinski definition) is 1. The second-order valence-electron chi connectivity index (χ2n) is 4.65. The van der Waals surface area contributed by atoms with Gasteiger partial charge in [-0.25, -0.2) is 0 Å². The SMILES string of the molecule is CN(C)C(CO)c1ccc(Oc2ccccc2)cc1. The van der Waals surface area contributed by atoms with Gasteiger partial charge in [-0.1, -0.05) is 30.3 Å². The first kappa shape index (κ1) is 13.6. The maximum Gasteiger partial charge on any atom is 0.127 e. The molecule has 2 aromatic carbocycles. The van der Waals surface area contributed by atoms with Crippen molar-refractivity contribution in [3.05, 3.63) is 60.2 Å². The fourth-order valence-electron chi connectivity index (χ4n) is 1.95. The maximum absolute atomic E-state index is 9.38. The maximum atomic E-state index is 9.38. The molecule has 0 fully saturated rings. The van der Waals surface area contributed by atoms with Gasteiger partial charge in [0.2, 0.25) is 0 Å². The molecule has 3 heteroatoms. The molecule has 1 atom stereocenters. The van der Waals surface area contributed by atoms with Crippen molar-refractivity contribution in [3.63, 3.8) is 0 Å². The fraction of sp³-hybridized carbons (Fsp3) is 0.250. The van der Waals surface area contributed by atoms with Crippen LogP contribution >= 0.6 is 0 Å². The lowest BCUT2D eigenvalue weighted by Gasteiger charge is -2.22. The van der Waals surface area contributed by atoms with Crippen molar-refractivity contribution in [2.24, 2.45) is 0 Å². The molecule has 3 nitrogen and oxygen atoms in total. The topological polar surface area (TPSA) is 32.7 Å².